The molecule has 0 spiro atoms. The first-order chi connectivity index (χ1) is 9.60. The van der Waals surface area contributed by atoms with Crippen molar-refractivity contribution in [1.29, 1.82) is 0 Å². The van der Waals surface area contributed by atoms with Crippen LogP contribution in [0.5, 0.6) is 0 Å². The predicted octanol–water partition coefficient (Wildman–Crippen LogP) is 1.42. The lowest BCUT2D eigenvalue weighted by Gasteiger charge is -2.54. The van der Waals surface area contributed by atoms with Gasteiger partial charge in [-0.2, -0.15) is 0 Å². The fourth-order valence-electron chi connectivity index (χ4n) is 3.53. The number of hydrogen-bond acceptors (Lipinski definition) is 4. The summed E-state index contributed by atoms with van der Waals surface area (Å²) in [6, 6.07) is 0.636. The summed E-state index contributed by atoms with van der Waals surface area (Å²) >= 11 is 0. The maximum absolute atomic E-state index is 5.87. The van der Waals surface area contributed by atoms with E-state index in [1.165, 1.54) is 45.6 Å². The van der Waals surface area contributed by atoms with Crippen LogP contribution in [-0.2, 0) is 4.74 Å². The summed E-state index contributed by atoms with van der Waals surface area (Å²) in [7, 11) is 2.21. The van der Waals surface area contributed by atoms with Crippen LogP contribution in [-0.4, -0.2) is 74.9 Å². The number of rotatable bonds is 7. The van der Waals surface area contributed by atoms with Crippen LogP contribution in [0.15, 0.2) is 0 Å². The van der Waals surface area contributed by atoms with Crippen LogP contribution < -0.4 is 5.32 Å². The Labute approximate surface area is 124 Å². The van der Waals surface area contributed by atoms with E-state index in [2.05, 4.69) is 42.9 Å². The molecule has 1 N–H and O–H groups in total. The SMILES string of the molecule is CCOC1CC(NCCN2CCN(C)CC2)C1(C)CC. The van der Waals surface area contributed by atoms with Crippen molar-refractivity contribution in [2.45, 2.75) is 45.8 Å². The standard InChI is InChI=1S/C16H33N3O/c1-5-16(3)14(13-15(16)20-6-2)17-7-8-19-11-9-18(4)10-12-19/h14-15,17H,5-13H2,1-4H3. The Balaban J connectivity index is 1.67. The summed E-state index contributed by atoms with van der Waals surface area (Å²) in [4.78, 5) is 4.99. The first-order valence-electron chi connectivity index (χ1n) is 8.36. The van der Waals surface area contributed by atoms with E-state index in [-0.39, 0.29) is 0 Å². The lowest BCUT2D eigenvalue weighted by Crippen LogP contribution is -2.63. The van der Waals surface area contributed by atoms with Gasteiger partial charge >= 0.3 is 0 Å². The third-order valence-electron chi connectivity index (χ3n) is 5.53. The largest absolute Gasteiger partial charge is 0.378 e. The minimum Gasteiger partial charge on any atom is -0.378 e. The maximum Gasteiger partial charge on any atom is 0.0658 e. The van der Waals surface area contributed by atoms with Gasteiger partial charge in [-0.15, -0.1) is 0 Å². The Kier molecular flexibility index (Phi) is 5.84. The molecule has 2 fully saturated rings. The Morgan fingerprint density at radius 1 is 1.20 bits per heavy atom. The van der Waals surface area contributed by atoms with Crippen LogP contribution in [0.4, 0.5) is 0 Å². The van der Waals surface area contributed by atoms with Crippen molar-refractivity contribution < 1.29 is 4.74 Å². The van der Waals surface area contributed by atoms with Crippen LogP contribution in [0.25, 0.3) is 0 Å². The quantitative estimate of drug-likeness (QED) is 0.765. The smallest absolute Gasteiger partial charge is 0.0658 e. The minimum atomic E-state index is 0.331. The summed E-state index contributed by atoms with van der Waals surface area (Å²) in [6.45, 7) is 14.8. The highest BCUT2D eigenvalue weighted by atomic mass is 16.5. The molecule has 0 amide bonds. The fraction of sp³-hybridized carbons (Fsp3) is 1.00. The zero-order chi connectivity index (χ0) is 14.6. The summed E-state index contributed by atoms with van der Waals surface area (Å²) in [5, 5.41) is 3.77. The summed E-state index contributed by atoms with van der Waals surface area (Å²) in [5.41, 5.74) is 0.331. The van der Waals surface area contributed by atoms with Gasteiger partial charge in [0.15, 0.2) is 0 Å². The van der Waals surface area contributed by atoms with Gasteiger partial charge in [-0.1, -0.05) is 13.8 Å². The van der Waals surface area contributed by atoms with Crippen molar-refractivity contribution in [2.24, 2.45) is 5.41 Å². The number of likely N-dealkylation sites (N-methyl/N-ethyl adjacent to an activating group) is 1. The first kappa shape index (κ1) is 16.2. The zero-order valence-electron chi connectivity index (χ0n) is 13.8. The van der Waals surface area contributed by atoms with Gasteiger partial charge in [-0.3, -0.25) is 4.90 Å². The van der Waals surface area contributed by atoms with E-state index in [0.29, 0.717) is 17.6 Å². The molecule has 2 aliphatic rings. The van der Waals surface area contributed by atoms with Crippen LogP contribution in [0.3, 0.4) is 0 Å². The molecule has 0 radical (unpaired) electrons. The summed E-state index contributed by atoms with van der Waals surface area (Å²) < 4.78 is 5.87. The third-order valence-corrected chi connectivity index (χ3v) is 5.53. The molecule has 4 heteroatoms. The Morgan fingerprint density at radius 2 is 1.90 bits per heavy atom. The van der Waals surface area contributed by atoms with E-state index in [9.17, 15) is 0 Å². The van der Waals surface area contributed by atoms with E-state index >= 15 is 0 Å². The molecule has 2 rings (SSSR count). The second-order valence-corrected chi connectivity index (χ2v) is 6.69. The predicted molar refractivity (Wildman–Crippen MR) is 84.2 cm³/mol. The van der Waals surface area contributed by atoms with Gasteiger partial charge in [0, 0.05) is 57.3 Å². The van der Waals surface area contributed by atoms with Crippen LogP contribution >= 0.6 is 0 Å². The minimum absolute atomic E-state index is 0.331. The Morgan fingerprint density at radius 3 is 2.50 bits per heavy atom. The highest BCUT2D eigenvalue weighted by Gasteiger charge is 2.50. The lowest BCUT2D eigenvalue weighted by atomic mass is 9.61. The molecule has 1 saturated heterocycles. The average molecular weight is 283 g/mol. The highest BCUT2D eigenvalue weighted by molar-refractivity contribution is 5.04. The molecular formula is C16H33N3O. The summed E-state index contributed by atoms with van der Waals surface area (Å²) in [5.74, 6) is 0. The van der Waals surface area contributed by atoms with Gasteiger partial charge in [0.1, 0.15) is 0 Å². The molecule has 1 aliphatic carbocycles. The summed E-state index contributed by atoms with van der Waals surface area (Å²) in [6.07, 6.45) is 2.84. The van der Waals surface area contributed by atoms with Gasteiger partial charge in [0.05, 0.1) is 6.10 Å². The van der Waals surface area contributed by atoms with E-state index in [1.807, 2.05) is 0 Å². The van der Waals surface area contributed by atoms with E-state index in [0.717, 1.165) is 13.2 Å². The van der Waals surface area contributed by atoms with Gasteiger partial charge in [-0.05, 0) is 26.8 Å². The molecule has 0 bridgehead atoms. The topological polar surface area (TPSA) is 27.7 Å². The Bertz CT molecular complexity index is 291. The lowest BCUT2D eigenvalue weighted by molar-refractivity contribution is -0.125. The van der Waals surface area contributed by atoms with Crippen molar-refractivity contribution in [3.8, 4) is 0 Å². The van der Waals surface area contributed by atoms with E-state index in [1.54, 1.807) is 0 Å². The third kappa shape index (κ3) is 3.53. The number of nitrogens with zero attached hydrogens (tertiary/aromatic N) is 2. The molecule has 1 heterocycles. The molecule has 0 aromatic carbocycles. The van der Waals surface area contributed by atoms with E-state index in [4.69, 9.17) is 4.74 Å². The van der Waals surface area contributed by atoms with Crippen molar-refractivity contribution in [3.05, 3.63) is 0 Å². The molecule has 1 aliphatic heterocycles. The second kappa shape index (κ2) is 7.21. The van der Waals surface area contributed by atoms with Crippen LogP contribution in [0, 0.1) is 5.41 Å². The Hall–Kier alpha value is -0.160. The maximum atomic E-state index is 5.87. The first-order valence-corrected chi connectivity index (χ1v) is 8.36. The van der Waals surface area contributed by atoms with Crippen molar-refractivity contribution in [1.82, 2.24) is 15.1 Å². The number of nitrogens with one attached hydrogen (secondary N) is 1. The molecule has 118 valence electrons. The van der Waals surface area contributed by atoms with Gasteiger partial charge in [0.25, 0.3) is 0 Å². The molecule has 20 heavy (non-hydrogen) atoms. The monoisotopic (exact) mass is 283 g/mol. The van der Waals surface area contributed by atoms with Gasteiger partial charge in [0.2, 0.25) is 0 Å². The molecule has 0 aromatic rings. The number of hydrogen-bond donors (Lipinski definition) is 1. The second-order valence-electron chi connectivity index (χ2n) is 6.69. The molecular weight excluding hydrogens is 250 g/mol. The number of piperazine rings is 1. The van der Waals surface area contributed by atoms with Crippen molar-refractivity contribution in [3.63, 3.8) is 0 Å². The van der Waals surface area contributed by atoms with Gasteiger partial charge in [-0.25, -0.2) is 0 Å². The van der Waals surface area contributed by atoms with Crippen LogP contribution in [0.2, 0.25) is 0 Å². The van der Waals surface area contributed by atoms with Crippen LogP contribution in [0.1, 0.15) is 33.6 Å². The molecule has 1 saturated carbocycles. The van der Waals surface area contributed by atoms with Gasteiger partial charge < -0.3 is 15.0 Å². The molecule has 3 unspecified atom stereocenters. The van der Waals surface area contributed by atoms with Crippen molar-refractivity contribution >= 4 is 0 Å². The normalized spacial score (nSPS) is 36.0. The highest BCUT2D eigenvalue weighted by Crippen LogP contribution is 2.45. The zero-order valence-corrected chi connectivity index (χ0v) is 13.8. The molecule has 3 atom stereocenters. The fourth-order valence-corrected chi connectivity index (χ4v) is 3.53. The number of ether oxygens (including phenoxy) is 1. The molecule has 4 nitrogen and oxygen atoms in total. The van der Waals surface area contributed by atoms with Crippen molar-refractivity contribution in [2.75, 3.05) is 52.9 Å². The average Bonchev–Trinajstić information content (AvgIpc) is 2.46. The molecule has 0 aromatic heterocycles. The van der Waals surface area contributed by atoms with E-state index < -0.39 is 0 Å².